The summed E-state index contributed by atoms with van der Waals surface area (Å²) in [7, 11) is 0. The first-order valence-corrected chi connectivity index (χ1v) is 9.80. The number of nitrogens with one attached hydrogen (secondary N) is 1. The molecule has 0 amide bonds. The van der Waals surface area contributed by atoms with Crippen LogP contribution in [0.15, 0.2) is 30.3 Å². The zero-order valence-corrected chi connectivity index (χ0v) is 15.0. The number of aromatic nitrogens is 1. The molecule has 4 heteroatoms. The number of nitrogens with zero attached hydrogens (tertiary/aromatic N) is 2. The van der Waals surface area contributed by atoms with Crippen molar-refractivity contribution < 1.29 is 4.74 Å². The van der Waals surface area contributed by atoms with E-state index in [1.807, 2.05) is 0 Å². The van der Waals surface area contributed by atoms with Crippen molar-refractivity contribution in [2.24, 2.45) is 5.92 Å². The number of pyridine rings is 1. The minimum Gasteiger partial charge on any atom is -0.381 e. The van der Waals surface area contributed by atoms with Crippen molar-refractivity contribution in [1.82, 2.24) is 9.88 Å². The van der Waals surface area contributed by atoms with Crippen LogP contribution in [-0.4, -0.2) is 42.7 Å². The average molecular weight is 339 g/mol. The Morgan fingerprint density at radius 3 is 2.92 bits per heavy atom. The smallest absolute Gasteiger partial charge is 0.126 e. The summed E-state index contributed by atoms with van der Waals surface area (Å²) in [6.45, 7) is 6.44. The number of rotatable bonds is 7. The zero-order valence-electron chi connectivity index (χ0n) is 15.0. The maximum absolute atomic E-state index is 5.44. The molecule has 4 rings (SSSR count). The molecule has 0 radical (unpaired) electrons. The van der Waals surface area contributed by atoms with E-state index in [0.717, 1.165) is 43.6 Å². The van der Waals surface area contributed by atoms with E-state index >= 15 is 0 Å². The van der Waals surface area contributed by atoms with Gasteiger partial charge in [-0.25, -0.2) is 4.98 Å². The van der Waals surface area contributed by atoms with Crippen LogP contribution in [0.2, 0.25) is 0 Å². The van der Waals surface area contributed by atoms with Gasteiger partial charge < -0.3 is 10.1 Å². The molecule has 3 heterocycles. The van der Waals surface area contributed by atoms with Gasteiger partial charge in [-0.15, -0.1) is 0 Å². The SMILES string of the molecule is c1cc2nc(NCCCC3CCOC3)ccc2cc1CN1CCCC1. The molecule has 1 atom stereocenters. The molecule has 0 spiro atoms. The van der Waals surface area contributed by atoms with Gasteiger partial charge in [-0.05, 0) is 80.9 Å². The largest absolute Gasteiger partial charge is 0.381 e. The minimum absolute atomic E-state index is 0.764. The van der Waals surface area contributed by atoms with Crippen LogP contribution in [0.1, 0.15) is 37.7 Å². The lowest BCUT2D eigenvalue weighted by molar-refractivity contribution is 0.184. The average Bonchev–Trinajstić information content (AvgIpc) is 3.33. The highest BCUT2D eigenvalue weighted by Gasteiger charge is 2.14. The fourth-order valence-electron chi connectivity index (χ4n) is 3.99. The molecule has 25 heavy (non-hydrogen) atoms. The number of hydrogen-bond donors (Lipinski definition) is 1. The van der Waals surface area contributed by atoms with E-state index in [-0.39, 0.29) is 0 Å². The Morgan fingerprint density at radius 2 is 2.08 bits per heavy atom. The molecule has 0 aliphatic carbocycles. The summed E-state index contributed by atoms with van der Waals surface area (Å²) in [5.41, 5.74) is 2.48. The van der Waals surface area contributed by atoms with E-state index in [4.69, 9.17) is 9.72 Å². The van der Waals surface area contributed by atoms with Crippen LogP contribution in [0.5, 0.6) is 0 Å². The second kappa shape index (κ2) is 8.15. The topological polar surface area (TPSA) is 37.4 Å². The second-order valence-electron chi connectivity index (χ2n) is 7.51. The first kappa shape index (κ1) is 16.8. The van der Waals surface area contributed by atoms with E-state index < -0.39 is 0 Å². The first-order chi connectivity index (χ1) is 12.4. The van der Waals surface area contributed by atoms with Crippen molar-refractivity contribution in [2.45, 2.75) is 38.6 Å². The Balaban J connectivity index is 1.31. The van der Waals surface area contributed by atoms with Crippen molar-refractivity contribution >= 4 is 16.7 Å². The van der Waals surface area contributed by atoms with Gasteiger partial charge in [0.25, 0.3) is 0 Å². The van der Waals surface area contributed by atoms with Gasteiger partial charge in [0, 0.05) is 31.7 Å². The standard InChI is InChI=1S/C21H29N3O/c1-2-12-24(11-1)15-18-5-7-20-19(14-18)6-8-21(23-20)22-10-3-4-17-9-13-25-16-17/h5-8,14,17H,1-4,9-13,15-16H2,(H,22,23). The molecule has 1 N–H and O–H groups in total. The number of anilines is 1. The normalized spacial score (nSPS) is 21.2. The van der Waals surface area contributed by atoms with Gasteiger partial charge in [0.05, 0.1) is 5.52 Å². The van der Waals surface area contributed by atoms with Gasteiger partial charge in [0.1, 0.15) is 5.82 Å². The van der Waals surface area contributed by atoms with Gasteiger partial charge in [-0.1, -0.05) is 6.07 Å². The Kier molecular flexibility index (Phi) is 5.48. The Hall–Kier alpha value is -1.65. The summed E-state index contributed by atoms with van der Waals surface area (Å²) in [6, 6.07) is 11.0. The molecule has 0 bridgehead atoms. The molecule has 1 unspecified atom stereocenters. The molecule has 2 saturated heterocycles. The molecule has 134 valence electrons. The summed E-state index contributed by atoms with van der Waals surface area (Å²) in [5, 5.41) is 4.72. The Bertz CT molecular complexity index is 691. The molecule has 1 aromatic carbocycles. The first-order valence-electron chi connectivity index (χ1n) is 9.80. The molecule has 0 saturated carbocycles. The maximum Gasteiger partial charge on any atom is 0.126 e. The lowest BCUT2D eigenvalue weighted by atomic mass is 10.0. The van der Waals surface area contributed by atoms with Crippen LogP contribution in [-0.2, 0) is 11.3 Å². The number of likely N-dealkylation sites (tertiary alicyclic amines) is 1. The number of benzene rings is 1. The summed E-state index contributed by atoms with van der Waals surface area (Å²) in [5.74, 6) is 1.75. The molecular formula is C21H29N3O. The second-order valence-corrected chi connectivity index (χ2v) is 7.51. The third-order valence-electron chi connectivity index (χ3n) is 5.48. The molecule has 2 fully saturated rings. The monoisotopic (exact) mass is 339 g/mol. The third-order valence-corrected chi connectivity index (χ3v) is 5.48. The predicted octanol–water partition coefficient (Wildman–Crippen LogP) is 4.06. The van der Waals surface area contributed by atoms with Crippen LogP contribution < -0.4 is 5.32 Å². The highest BCUT2D eigenvalue weighted by atomic mass is 16.5. The van der Waals surface area contributed by atoms with Gasteiger partial charge in [0.2, 0.25) is 0 Å². The molecular weight excluding hydrogens is 310 g/mol. The van der Waals surface area contributed by atoms with Crippen molar-refractivity contribution in [3.63, 3.8) is 0 Å². The van der Waals surface area contributed by atoms with Crippen LogP contribution >= 0.6 is 0 Å². The van der Waals surface area contributed by atoms with Gasteiger partial charge in [-0.2, -0.15) is 0 Å². The van der Waals surface area contributed by atoms with Gasteiger partial charge in [-0.3, -0.25) is 4.90 Å². The van der Waals surface area contributed by atoms with Gasteiger partial charge >= 0.3 is 0 Å². The lowest BCUT2D eigenvalue weighted by Gasteiger charge is -2.15. The van der Waals surface area contributed by atoms with E-state index in [0.29, 0.717) is 0 Å². The third kappa shape index (κ3) is 4.50. The summed E-state index contributed by atoms with van der Waals surface area (Å²) >= 11 is 0. The zero-order chi connectivity index (χ0) is 16.9. The predicted molar refractivity (Wildman–Crippen MR) is 103 cm³/mol. The van der Waals surface area contributed by atoms with E-state index in [2.05, 4.69) is 40.5 Å². The van der Waals surface area contributed by atoms with Crippen LogP contribution in [0, 0.1) is 5.92 Å². The van der Waals surface area contributed by atoms with E-state index in [1.54, 1.807) is 0 Å². The highest BCUT2D eigenvalue weighted by Crippen LogP contribution is 2.21. The fourth-order valence-corrected chi connectivity index (χ4v) is 3.99. The summed E-state index contributed by atoms with van der Waals surface area (Å²) in [6.07, 6.45) is 6.35. The fraction of sp³-hybridized carbons (Fsp3) is 0.571. The van der Waals surface area contributed by atoms with Crippen LogP contribution in [0.3, 0.4) is 0 Å². The Morgan fingerprint density at radius 1 is 1.16 bits per heavy atom. The quantitative estimate of drug-likeness (QED) is 0.772. The maximum atomic E-state index is 5.44. The van der Waals surface area contributed by atoms with Crippen LogP contribution in [0.4, 0.5) is 5.82 Å². The van der Waals surface area contributed by atoms with Crippen LogP contribution in [0.25, 0.3) is 10.9 Å². The summed E-state index contributed by atoms with van der Waals surface area (Å²) < 4.78 is 5.44. The van der Waals surface area contributed by atoms with Gasteiger partial charge in [0.15, 0.2) is 0 Å². The molecule has 2 aliphatic rings. The number of hydrogen-bond acceptors (Lipinski definition) is 4. The highest BCUT2D eigenvalue weighted by molar-refractivity contribution is 5.81. The number of fused-ring (bicyclic) bond motifs is 1. The molecule has 2 aromatic rings. The van der Waals surface area contributed by atoms with E-state index in [1.165, 1.54) is 56.1 Å². The lowest BCUT2D eigenvalue weighted by Crippen LogP contribution is -2.18. The van der Waals surface area contributed by atoms with Crippen molar-refractivity contribution in [1.29, 1.82) is 0 Å². The number of ether oxygens (including phenoxy) is 1. The van der Waals surface area contributed by atoms with Crippen molar-refractivity contribution in [3.8, 4) is 0 Å². The van der Waals surface area contributed by atoms with Crippen molar-refractivity contribution in [3.05, 3.63) is 35.9 Å². The molecule has 1 aromatic heterocycles. The minimum atomic E-state index is 0.764. The summed E-state index contributed by atoms with van der Waals surface area (Å²) in [4.78, 5) is 7.31. The Labute approximate surface area is 150 Å². The van der Waals surface area contributed by atoms with E-state index in [9.17, 15) is 0 Å². The molecule has 4 nitrogen and oxygen atoms in total. The molecule has 2 aliphatic heterocycles. The van der Waals surface area contributed by atoms with Crippen molar-refractivity contribution in [2.75, 3.05) is 38.2 Å².